The molecule has 1 amide bonds. The molecule has 5 nitrogen and oxygen atoms in total. The van der Waals surface area contributed by atoms with Gasteiger partial charge in [-0.3, -0.25) is 4.79 Å². The van der Waals surface area contributed by atoms with Gasteiger partial charge in [-0.2, -0.15) is 0 Å². The highest BCUT2D eigenvalue weighted by Crippen LogP contribution is 2.38. The van der Waals surface area contributed by atoms with Gasteiger partial charge in [0.2, 0.25) is 0 Å². The molecule has 198 valence electrons. The molecular weight excluding hydrogens is 516 g/mol. The van der Waals surface area contributed by atoms with Crippen molar-refractivity contribution in [3.63, 3.8) is 0 Å². The summed E-state index contributed by atoms with van der Waals surface area (Å²) < 4.78 is 12.1. The number of rotatable bonds is 8. The van der Waals surface area contributed by atoms with Crippen LogP contribution >= 0.6 is 22.9 Å². The van der Waals surface area contributed by atoms with Crippen LogP contribution in [0.15, 0.2) is 66.7 Å². The van der Waals surface area contributed by atoms with Crippen LogP contribution in [0.5, 0.6) is 11.5 Å². The number of fused-ring (bicyclic) bond motifs is 1. The SMILES string of the molecule is CNC1CCC(N(Cc2cc(-c3ccc(OC)cc3)ccc2OC)C(=O)c2sc3ccccc3c2Cl)CC1. The maximum absolute atomic E-state index is 14.2. The Kier molecular flexibility index (Phi) is 8.22. The van der Waals surface area contributed by atoms with Gasteiger partial charge in [0.1, 0.15) is 16.4 Å². The van der Waals surface area contributed by atoms with Crippen molar-refractivity contribution in [2.75, 3.05) is 21.3 Å². The third kappa shape index (κ3) is 5.39. The molecule has 0 saturated heterocycles. The van der Waals surface area contributed by atoms with E-state index in [2.05, 4.69) is 17.4 Å². The van der Waals surface area contributed by atoms with Gasteiger partial charge in [-0.15, -0.1) is 11.3 Å². The predicted molar refractivity (Wildman–Crippen MR) is 157 cm³/mol. The van der Waals surface area contributed by atoms with Crippen LogP contribution in [0.2, 0.25) is 5.02 Å². The quantitative estimate of drug-likeness (QED) is 0.249. The van der Waals surface area contributed by atoms with E-state index in [4.69, 9.17) is 21.1 Å². The first kappa shape index (κ1) is 26.5. The molecule has 1 heterocycles. The van der Waals surface area contributed by atoms with E-state index in [1.807, 2.05) is 66.5 Å². The molecule has 3 aromatic carbocycles. The molecule has 1 fully saturated rings. The van der Waals surface area contributed by atoms with Crippen LogP contribution in [0.1, 0.15) is 40.9 Å². The number of carbonyl (C=O) groups is 1. The molecule has 38 heavy (non-hydrogen) atoms. The van der Waals surface area contributed by atoms with Crippen molar-refractivity contribution in [2.24, 2.45) is 0 Å². The first-order valence-electron chi connectivity index (χ1n) is 13.0. The van der Waals surface area contributed by atoms with Gasteiger partial charge in [-0.1, -0.05) is 48.0 Å². The number of amides is 1. The molecule has 4 aromatic rings. The maximum atomic E-state index is 14.2. The average molecular weight is 549 g/mol. The second kappa shape index (κ2) is 11.8. The Hall–Kier alpha value is -3.06. The smallest absolute Gasteiger partial charge is 0.266 e. The van der Waals surface area contributed by atoms with E-state index in [0.29, 0.717) is 22.5 Å². The van der Waals surface area contributed by atoms with Gasteiger partial charge in [0.25, 0.3) is 5.91 Å². The highest BCUT2D eigenvalue weighted by molar-refractivity contribution is 7.21. The molecule has 1 aliphatic rings. The van der Waals surface area contributed by atoms with Gasteiger partial charge in [-0.25, -0.2) is 0 Å². The Morgan fingerprint density at radius 2 is 1.68 bits per heavy atom. The van der Waals surface area contributed by atoms with Crippen LogP contribution in [-0.4, -0.2) is 44.2 Å². The van der Waals surface area contributed by atoms with Crippen molar-refractivity contribution in [1.82, 2.24) is 10.2 Å². The minimum Gasteiger partial charge on any atom is -0.497 e. The average Bonchev–Trinajstić information content (AvgIpc) is 3.32. The van der Waals surface area contributed by atoms with Crippen molar-refractivity contribution in [3.05, 3.63) is 82.2 Å². The van der Waals surface area contributed by atoms with Crippen LogP contribution < -0.4 is 14.8 Å². The van der Waals surface area contributed by atoms with Gasteiger partial charge in [0.05, 0.1) is 19.2 Å². The lowest BCUT2D eigenvalue weighted by Gasteiger charge is -2.37. The molecule has 0 atom stereocenters. The molecule has 0 unspecified atom stereocenters. The number of thiophene rings is 1. The van der Waals surface area contributed by atoms with E-state index in [-0.39, 0.29) is 11.9 Å². The van der Waals surface area contributed by atoms with Crippen LogP contribution in [0.3, 0.4) is 0 Å². The molecular formula is C31H33ClN2O3S. The van der Waals surface area contributed by atoms with Crippen LogP contribution in [0, 0.1) is 0 Å². The Balaban J connectivity index is 1.51. The minimum atomic E-state index is -0.0130. The lowest BCUT2D eigenvalue weighted by Crippen LogP contribution is -2.44. The van der Waals surface area contributed by atoms with E-state index in [9.17, 15) is 4.79 Å². The van der Waals surface area contributed by atoms with Gasteiger partial charge in [0, 0.05) is 34.3 Å². The molecule has 1 N–H and O–H groups in total. The largest absolute Gasteiger partial charge is 0.497 e. The summed E-state index contributed by atoms with van der Waals surface area (Å²) in [6, 6.07) is 22.7. The first-order chi connectivity index (χ1) is 18.5. The number of ether oxygens (including phenoxy) is 2. The van der Waals surface area contributed by atoms with Gasteiger partial charge in [0.15, 0.2) is 0 Å². The fourth-order valence-electron chi connectivity index (χ4n) is 5.37. The van der Waals surface area contributed by atoms with Crippen LogP contribution in [0.25, 0.3) is 21.2 Å². The zero-order valence-corrected chi connectivity index (χ0v) is 23.6. The zero-order chi connectivity index (χ0) is 26.6. The molecule has 0 bridgehead atoms. The summed E-state index contributed by atoms with van der Waals surface area (Å²) in [4.78, 5) is 16.8. The number of halogens is 1. The molecule has 1 aromatic heterocycles. The summed E-state index contributed by atoms with van der Waals surface area (Å²) in [5.41, 5.74) is 3.12. The first-order valence-corrected chi connectivity index (χ1v) is 14.2. The van der Waals surface area contributed by atoms with Crippen molar-refractivity contribution in [3.8, 4) is 22.6 Å². The normalized spacial score (nSPS) is 17.4. The standard InChI is InChI=1S/C31H33ClN2O3S/c1-33-23-11-13-24(14-12-23)34(31(35)30-29(32)26-6-4-5-7-28(26)38-30)19-22-18-21(10-17-27(22)37-3)20-8-15-25(36-2)16-9-20/h4-10,15-18,23-24,33H,11-14,19H2,1-3H3. The molecule has 1 saturated carbocycles. The number of benzene rings is 3. The van der Waals surface area contributed by atoms with Crippen LogP contribution in [0.4, 0.5) is 0 Å². The summed E-state index contributed by atoms with van der Waals surface area (Å²) in [5.74, 6) is 1.57. The fourth-order valence-corrected chi connectivity index (χ4v) is 6.84. The lowest BCUT2D eigenvalue weighted by atomic mass is 9.89. The summed E-state index contributed by atoms with van der Waals surface area (Å²) in [6.07, 6.45) is 3.96. The van der Waals surface area contributed by atoms with Gasteiger partial charge >= 0.3 is 0 Å². The number of hydrogen-bond donors (Lipinski definition) is 1. The highest BCUT2D eigenvalue weighted by Gasteiger charge is 2.32. The fraction of sp³-hybridized carbons (Fsp3) is 0.323. The Bertz CT molecular complexity index is 1410. The van der Waals surface area contributed by atoms with Gasteiger partial charge < -0.3 is 19.7 Å². The Morgan fingerprint density at radius 3 is 2.34 bits per heavy atom. The van der Waals surface area contributed by atoms with Crippen molar-refractivity contribution >= 4 is 38.9 Å². The summed E-state index contributed by atoms with van der Waals surface area (Å²) in [6.45, 7) is 0.450. The minimum absolute atomic E-state index is 0.0130. The lowest BCUT2D eigenvalue weighted by molar-refractivity contribution is 0.0604. The Morgan fingerprint density at radius 1 is 0.974 bits per heavy atom. The Labute approximate surface area is 233 Å². The topological polar surface area (TPSA) is 50.8 Å². The molecule has 7 heteroatoms. The van der Waals surface area contributed by atoms with Gasteiger partial charge in [-0.05, 0) is 74.2 Å². The predicted octanol–water partition coefficient (Wildman–Crippen LogP) is 7.41. The molecule has 0 radical (unpaired) electrons. The zero-order valence-electron chi connectivity index (χ0n) is 22.0. The summed E-state index contributed by atoms with van der Waals surface area (Å²) in [7, 11) is 5.36. The van der Waals surface area contributed by atoms with E-state index in [1.54, 1.807) is 14.2 Å². The molecule has 0 aliphatic heterocycles. The van der Waals surface area contributed by atoms with E-state index >= 15 is 0 Å². The summed E-state index contributed by atoms with van der Waals surface area (Å²) >= 11 is 8.26. The van der Waals surface area contributed by atoms with Crippen molar-refractivity contribution < 1.29 is 14.3 Å². The number of nitrogens with zero attached hydrogens (tertiary/aromatic N) is 1. The highest BCUT2D eigenvalue weighted by atomic mass is 35.5. The van der Waals surface area contributed by atoms with E-state index < -0.39 is 0 Å². The molecule has 5 rings (SSSR count). The maximum Gasteiger partial charge on any atom is 0.266 e. The van der Waals surface area contributed by atoms with Crippen LogP contribution in [-0.2, 0) is 6.54 Å². The monoisotopic (exact) mass is 548 g/mol. The molecule has 1 aliphatic carbocycles. The number of carbonyl (C=O) groups excluding carboxylic acids is 1. The second-order valence-corrected chi connectivity index (χ2v) is 11.2. The number of nitrogens with one attached hydrogen (secondary N) is 1. The van der Waals surface area contributed by atoms with E-state index in [0.717, 1.165) is 64.0 Å². The van der Waals surface area contributed by atoms with Crippen molar-refractivity contribution in [2.45, 2.75) is 44.3 Å². The number of methoxy groups -OCH3 is 2. The summed E-state index contributed by atoms with van der Waals surface area (Å²) in [5, 5.41) is 4.88. The third-order valence-electron chi connectivity index (χ3n) is 7.58. The molecule has 0 spiro atoms. The second-order valence-electron chi connectivity index (χ2n) is 9.72. The van der Waals surface area contributed by atoms with E-state index in [1.165, 1.54) is 11.3 Å². The third-order valence-corrected chi connectivity index (χ3v) is 9.24. The van der Waals surface area contributed by atoms with Crippen molar-refractivity contribution in [1.29, 1.82) is 0 Å². The number of hydrogen-bond acceptors (Lipinski definition) is 5.